The van der Waals surface area contributed by atoms with Gasteiger partial charge in [-0.3, -0.25) is 0 Å². The standard InChI is InChI=1S/C17H23N3.HI/c1-3-12-19-17(18-4-2)20-13-10-16(11-14-20)15-8-6-5-7-9-15;/h3,5-10H,1,4,11-14H2,2H3,(H,18,19);1H. The maximum Gasteiger partial charge on any atom is 0.194 e. The summed E-state index contributed by atoms with van der Waals surface area (Å²) in [4.78, 5) is 6.83. The van der Waals surface area contributed by atoms with Crippen molar-refractivity contribution >= 4 is 35.5 Å². The molecule has 0 spiro atoms. The van der Waals surface area contributed by atoms with Crippen LogP contribution in [0, 0.1) is 0 Å². The minimum atomic E-state index is 0. The van der Waals surface area contributed by atoms with Gasteiger partial charge in [0.05, 0.1) is 6.54 Å². The Morgan fingerprint density at radius 3 is 2.71 bits per heavy atom. The Kier molecular flexibility index (Phi) is 8.12. The topological polar surface area (TPSA) is 27.6 Å². The second kappa shape index (κ2) is 9.60. The van der Waals surface area contributed by atoms with Gasteiger partial charge in [-0.05, 0) is 24.5 Å². The van der Waals surface area contributed by atoms with Crippen molar-refractivity contribution in [1.29, 1.82) is 0 Å². The fraction of sp³-hybridized carbons (Fsp3) is 0.353. The minimum Gasteiger partial charge on any atom is -0.356 e. The summed E-state index contributed by atoms with van der Waals surface area (Å²) in [7, 11) is 0. The van der Waals surface area contributed by atoms with Crippen LogP contribution in [0.3, 0.4) is 0 Å². The van der Waals surface area contributed by atoms with Crippen molar-refractivity contribution in [3.05, 3.63) is 54.6 Å². The molecule has 0 fully saturated rings. The number of nitrogens with zero attached hydrogens (tertiary/aromatic N) is 2. The molecule has 0 saturated carbocycles. The first kappa shape index (κ1) is 17.8. The normalized spacial score (nSPS) is 15.0. The summed E-state index contributed by atoms with van der Waals surface area (Å²) in [6, 6.07) is 10.6. The van der Waals surface area contributed by atoms with Gasteiger partial charge in [0.15, 0.2) is 5.96 Å². The van der Waals surface area contributed by atoms with Gasteiger partial charge in [-0.15, -0.1) is 30.6 Å². The lowest BCUT2D eigenvalue weighted by atomic mass is 10.00. The zero-order chi connectivity index (χ0) is 14.2. The quantitative estimate of drug-likeness (QED) is 0.364. The fourth-order valence-corrected chi connectivity index (χ4v) is 2.35. The highest BCUT2D eigenvalue weighted by Gasteiger charge is 2.15. The number of benzene rings is 1. The van der Waals surface area contributed by atoms with Crippen molar-refractivity contribution in [1.82, 2.24) is 10.2 Å². The van der Waals surface area contributed by atoms with Crippen LogP contribution in [-0.2, 0) is 0 Å². The number of hydrogen-bond acceptors (Lipinski definition) is 1. The second-order valence-electron chi connectivity index (χ2n) is 4.77. The Balaban J connectivity index is 0.00000220. The van der Waals surface area contributed by atoms with Crippen LogP contribution in [0.2, 0.25) is 0 Å². The van der Waals surface area contributed by atoms with Crippen molar-refractivity contribution in [3.63, 3.8) is 0 Å². The Bertz CT molecular complexity index is 494. The molecule has 0 radical (unpaired) electrons. The SMILES string of the molecule is C=CCN=C(NCC)N1CC=C(c2ccccc2)CC1.I. The Labute approximate surface area is 144 Å². The first-order chi connectivity index (χ1) is 9.85. The number of nitrogens with one attached hydrogen (secondary N) is 1. The Morgan fingerprint density at radius 1 is 1.38 bits per heavy atom. The van der Waals surface area contributed by atoms with E-state index in [1.165, 1.54) is 11.1 Å². The molecule has 1 aliphatic heterocycles. The summed E-state index contributed by atoms with van der Waals surface area (Å²) < 4.78 is 0. The first-order valence-electron chi connectivity index (χ1n) is 7.23. The fourth-order valence-electron chi connectivity index (χ4n) is 2.35. The van der Waals surface area contributed by atoms with E-state index in [2.05, 4.69) is 65.1 Å². The first-order valence-corrected chi connectivity index (χ1v) is 7.23. The van der Waals surface area contributed by atoms with E-state index in [-0.39, 0.29) is 24.0 Å². The molecule has 0 bridgehead atoms. The van der Waals surface area contributed by atoms with Crippen molar-refractivity contribution in [2.24, 2.45) is 4.99 Å². The molecular weight excluding hydrogens is 373 g/mol. The van der Waals surface area contributed by atoms with Gasteiger partial charge in [-0.2, -0.15) is 0 Å². The van der Waals surface area contributed by atoms with Crippen LogP contribution in [0.5, 0.6) is 0 Å². The molecule has 0 saturated heterocycles. The molecule has 1 aliphatic rings. The van der Waals surface area contributed by atoms with Gasteiger partial charge >= 0.3 is 0 Å². The lowest BCUT2D eigenvalue weighted by Gasteiger charge is -2.29. The molecule has 21 heavy (non-hydrogen) atoms. The maximum absolute atomic E-state index is 4.54. The van der Waals surface area contributed by atoms with Crippen LogP contribution in [0.15, 0.2) is 54.1 Å². The molecule has 0 aromatic heterocycles. The lowest BCUT2D eigenvalue weighted by molar-refractivity contribution is 0.441. The number of hydrogen-bond donors (Lipinski definition) is 1. The molecule has 114 valence electrons. The van der Waals surface area contributed by atoms with Crippen LogP contribution in [0.1, 0.15) is 18.9 Å². The number of halogens is 1. The van der Waals surface area contributed by atoms with Crippen LogP contribution in [0.4, 0.5) is 0 Å². The van der Waals surface area contributed by atoms with Crippen molar-refractivity contribution < 1.29 is 0 Å². The van der Waals surface area contributed by atoms with Crippen molar-refractivity contribution in [2.75, 3.05) is 26.2 Å². The molecule has 4 heteroatoms. The third kappa shape index (κ3) is 5.19. The van der Waals surface area contributed by atoms with Crippen LogP contribution in [0.25, 0.3) is 5.57 Å². The van der Waals surface area contributed by atoms with E-state index in [0.29, 0.717) is 6.54 Å². The number of guanidine groups is 1. The molecule has 1 aromatic carbocycles. The molecule has 0 aliphatic carbocycles. The van der Waals surface area contributed by atoms with Crippen molar-refractivity contribution in [2.45, 2.75) is 13.3 Å². The maximum atomic E-state index is 4.54. The average molecular weight is 397 g/mol. The van der Waals surface area contributed by atoms with E-state index in [9.17, 15) is 0 Å². The van der Waals surface area contributed by atoms with E-state index < -0.39 is 0 Å². The molecule has 1 aromatic rings. The largest absolute Gasteiger partial charge is 0.356 e. The lowest BCUT2D eigenvalue weighted by Crippen LogP contribution is -2.43. The molecular formula is C17H24IN3. The average Bonchev–Trinajstić information content (AvgIpc) is 2.52. The van der Waals surface area contributed by atoms with Crippen molar-refractivity contribution in [3.8, 4) is 0 Å². The minimum absolute atomic E-state index is 0. The Morgan fingerprint density at radius 2 is 2.14 bits per heavy atom. The van der Waals surface area contributed by atoms with E-state index in [1.54, 1.807) is 0 Å². The van der Waals surface area contributed by atoms with E-state index in [0.717, 1.165) is 32.0 Å². The molecule has 2 rings (SSSR count). The molecule has 1 heterocycles. The molecule has 0 atom stereocenters. The summed E-state index contributed by atoms with van der Waals surface area (Å²) >= 11 is 0. The second-order valence-corrected chi connectivity index (χ2v) is 4.77. The third-order valence-corrected chi connectivity index (χ3v) is 3.36. The molecule has 0 unspecified atom stereocenters. The van der Waals surface area contributed by atoms with Gasteiger partial charge in [0.1, 0.15) is 0 Å². The molecule has 0 amide bonds. The number of aliphatic imine (C=N–C) groups is 1. The summed E-state index contributed by atoms with van der Waals surface area (Å²) in [5.41, 5.74) is 2.77. The van der Waals surface area contributed by atoms with E-state index in [1.807, 2.05) is 6.08 Å². The smallest absolute Gasteiger partial charge is 0.194 e. The Hall–Kier alpha value is -1.30. The summed E-state index contributed by atoms with van der Waals surface area (Å²) in [6.45, 7) is 9.29. The molecule has 1 N–H and O–H groups in total. The summed E-state index contributed by atoms with van der Waals surface area (Å²) in [5.74, 6) is 0.982. The van der Waals surface area contributed by atoms with Crippen LogP contribution >= 0.6 is 24.0 Å². The highest BCUT2D eigenvalue weighted by Crippen LogP contribution is 2.21. The third-order valence-electron chi connectivity index (χ3n) is 3.36. The van der Waals surface area contributed by atoms with Gasteiger partial charge < -0.3 is 10.2 Å². The van der Waals surface area contributed by atoms with E-state index in [4.69, 9.17) is 0 Å². The van der Waals surface area contributed by atoms with Gasteiger partial charge in [0.2, 0.25) is 0 Å². The number of rotatable bonds is 4. The monoisotopic (exact) mass is 397 g/mol. The predicted molar refractivity (Wildman–Crippen MR) is 102 cm³/mol. The summed E-state index contributed by atoms with van der Waals surface area (Å²) in [5, 5.41) is 3.34. The zero-order valence-corrected chi connectivity index (χ0v) is 14.9. The van der Waals surface area contributed by atoms with Crippen LogP contribution in [-0.4, -0.2) is 37.0 Å². The van der Waals surface area contributed by atoms with Crippen LogP contribution < -0.4 is 5.32 Å². The predicted octanol–water partition coefficient (Wildman–Crippen LogP) is 3.55. The van der Waals surface area contributed by atoms with Gasteiger partial charge in [0.25, 0.3) is 0 Å². The van der Waals surface area contributed by atoms with Gasteiger partial charge in [-0.1, -0.05) is 42.5 Å². The zero-order valence-electron chi connectivity index (χ0n) is 12.6. The van der Waals surface area contributed by atoms with Gasteiger partial charge in [-0.25, -0.2) is 4.99 Å². The highest BCUT2D eigenvalue weighted by atomic mass is 127. The summed E-state index contributed by atoms with van der Waals surface area (Å²) in [6.07, 6.45) is 5.19. The highest BCUT2D eigenvalue weighted by molar-refractivity contribution is 14.0. The van der Waals surface area contributed by atoms with Gasteiger partial charge in [0, 0.05) is 19.6 Å². The molecule has 3 nitrogen and oxygen atoms in total. The van der Waals surface area contributed by atoms with E-state index >= 15 is 0 Å².